The predicted molar refractivity (Wildman–Crippen MR) is 51.4 cm³/mol. The molecule has 0 spiro atoms. The lowest BCUT2D eigenvalue weighted by atomic mass is 10.2. The highest BCUT2D eigenvalue weighted by molar-refractivity contribution is 7.13. The summed E-state index contributed by atoms with van der Waals surface area (Å²) < 4.78 is 13.3. The van der Waals surface area contributed by atoms with Gasteiger partial charge in [-0.25, -0.2) is 4.39 Å². The SMILES string of the molecule is Oc1ccc(-c2cccs2)c(F)c1. The number of hydrogen-bond acceptors (Lipinski definition) is 2. The number of phenolic OH excluding ortho intramolecular Hbond substituents is 1. The quantitative estimate of drug-likeness (QED) is 0.738. The summed E-state index contributed by atoms with van der Waals surface area (Å²) in [5.74, 6) is -0.430. The first-order chi connectivity index (χ1) is 6.27. The van der Waals surface area contributed by atoms with Gasteiger partial charge in [-0.1, -0.05) is 6.07 Å². The molecule has 0 radical (unpaired) electrons. The van der Waals surface area contributed by atoms with E-state index in [4.69, 9.17) is 5.11 Å². The van der Waals surface area contributed by atoms with Gasteiger partial charge in [0.2, 0.25) is 0 Å². The van der Waals surface area contributed by atoms with Gasteiger partial charge in [0, 0.05) is 16.5 Å². The van der Waals surface area contributed by atoms with Crippen LogP contribution in [0.3, 0.4) is 0 Å². The Hall–Kier alpha value is -1.35. The van der Waals surface area contributed by atoms with Gasteiger partial charge in [-0.3, -0.25) is 0 Å². The van der Waals surface area contributed by atoms with E-state index in [9.17, 15) is 4.39 Å². The zero-order valence-electron chi connectivity index (χ0n) is 6.70. The maximum Gasteiger partial charge on any atom is 0.135 e. The Morgan fingerprint density at radius 3 is 2.69 bits per heavy atom. The molecule has 0 bridgehead atoms. The van der Waals surface area contributed by atoms with Crippen LogP contribution in [0.4, 0.5) is 4.39 Å². The number of thiophene rings is 1. The Morgan fingerprint density at radius 1 is 1.23 bits per heavy atom. The van der Waals surface area contributed by atoms with Gasteiger partial charge in [0.15, 0.2) is 0 Å². The first-order valence-corrected chi connectivity index (χ1v) is 4.68. The molecule has 0 aliphatic carbocycles. The van der Waals surface area contributed by atoms with Crippen molar-refractivity contribution >= 4 is 11.3 Å². The van der Waals surface area contributed by atoms with Crippen molar-refractivity contribution in [3.8, 4) is 16.2 Å². The lowest BCUT2D eigenvalue weighted by molar-refractivity contribution is 0.469. The van der Waals surface area contributed by atoms with Gasteiger partial charge in [-0.2, -0.15) is 0 Å². The van der Waals surface area contributed by atoms with Gasteiger partial charge in [0.05, 0.1) is 0 Å². The molecule has 0 atom stereocenters. The van der Waals surface area contributed by atoms with Crippen LogP contribution < -0.4 is 0 Å². The number of aromatic hydroxyl groups is 1. The third-order valence-electron chi connectivity index (χ3n) is 1.74. The van der Waals surface area contributed by atoms with Crippen molar-refractivity contribution in [1.82, 2.24) is 0 Å². The molecule has 0 aliphatic heterocycles. The summed E-state index contributed by atoms with van der Waals surface area (Å²) in [6, 6.07) is 7.90. The Kier molecular flexibility index (Phi) is 2.02. The van der Waals surface area contributed by atoms with E-state index >= 15 is 0 Å². The second-order valence-electron chi connectivity index (χ2n) is 2.64. The summed E-state index contributed by atoms with van der Waals surface area (Å²) in [5, 5.41) is 10.9. The monoisotopic (exact) mass is 194 g/mol. The van der Waals surface area contributed by atoms with Crippen LogP contribution in [0.2, 0.25) is 0 Å². The lowest BCUT2D eigenvalue weighted by Gasteiger charge is -1.99. The molecule has 1 aromatic heterocycles. The molecule has 1 heterocycles. The molecule has 0 saturated carbocycles. The largest absolute Gasteiger partial charge is 0.508 e. The summed E-state index contributed by atoms with van der Waals surface area (Å²) in [4.78, 5) is 0.873. The zero-order valence-corrected chi connectivity index (χ0v) is 7.51. The molecule has 0 amide bonds. The molecule has 0 fully saturated rings. The average Bonchev–Trinajstić information content (AvgIpc) is 2.56. The van der Waals surface area contributed by atoms with Crippen LogP contribution in [-0.4, -0.2) is 5.11 Å². The zero-order chi connectivity index (χ0) is 9.26. The highest BCUT2D eigenvalue weighted by atomic mass is 32.1. The molecule has 1 aromatic carbocycles. The molecule has 66 valence electrons. The molecular formula is C10H7FOS. The van der Waals surface area contributed by atoms with Gasteiger partial charge < -0.3 is 5.11 Å². The van der Waals surface area contributed by atoms with Crippen LogP contribution in [0.15, 0.2) is 35.7 Å². The Bertz CT molecular complexity index is 409. The second-order valence-corrected chi connectivity index (χ2v) is 3.59. The van der Waals surface area contributed by atoms with Crippen LogP contribution in [0.25, 0.3) is 10.4 Å². The first kappa shape index (κ1) is 8.26. The molecule has 0 aliphatic rings. The van der Waals surface area contributed by atoms with Gasteiger partial charge in [0.1, 0.15) is 11.6 Å². The third-order valence-corrected chi connectivity index (χ3v) is 2.64. The Balaban J connectivity index is 2.53. The van der Waals surface area contributed by atoms with E-state index in [1.165, 1.54) is 17.4 Å². The summed E-state index contributed by atoms with van der Waals surface area (Å²) in [7, 11) is 0. The Labute approximate surface area is 79.1 Å². The first-order valence-electron chi connectivity index (χ1n) is 3.80. The van der Waals surface area contributed by atoms with Crippen LogP contribution in [0, 0.1) is 5.82 Å². The minimum Gasteiger partial charge on any atom is -0.508 e. The van der Waals surface area contributed by atoms with E-state index in [-0.39, 0.29) is 11.6 Å². The smallest absolute Gasteiger partial charge is 0.135 e. The fraction of sp³-hybridized carbons (Fsp3) is 0. The standard InChI is InChI=1S/C10H7FOS/c11-9-6-7(12)3-4-8(9)10-2-1-5-13-10/h1-6,12H. The predicted octanol–water partition coefficient (Wildman–Crippen LogP) is 3.26. The van der Waals surface area contributed by atoms with E-state index in [1.807, 2.05) is 17.5 Å². The highest BCUT2D eigenvalue weighted by Crippen LogP contribution is 2.28. The Morgan fingerprint density at radius 2 is 2.08 bits per heavy atom. The number of benzene rings is 1. The maximum atomic E-state index is 13.3. The lowest BCUT2D eigenvalue weighted by Crippen LogP contribution is -1.79. The van der Waals surface area contributed by atoms with Crippen molar-refractivity contribution in [1.29, 1.82) is 0 Å². The third kappa shape index (κ3) is 1.55. The van der Waals surface area contributed by atoms with Crippen LogP contribution in [-0.2, 0) is 0 Å². The van der Waals surface area contributed by atoms with Crippen LogP contribution >= 0.6 is 11.3 Å². The van der Waals surface area contributed by atoms with Crippen molar-refractivity contribution in [2.24, 2.45) is 0 Å². The summed E-state index contributed by atoms with van der Waals surface area (Å²) in [6.07, 6.45) is 0. The molecule has 3 heteroatoms. The van der Waals surface area contributed by atoms with E-state index in [1.54, 1.807) is 6.07 Å². The second kappa shape index (κ2) is 3.18. The molecule has 0 unspecified atom stereocenters. The molecule has 2 aromatic rings. The minimum absolute atomic E-state index is 0.0437. The van der Waals surface area contributed by atoms with Crippen LogP contribution in [0.5, 0.6) is 5.75 Å². The number of hydrogen-bond donors (Lipinski definition) is 1. The summed E-state index contributed by atoms with van der Waals surface area (Å²) >= 11 is 1.47. The molecule has 1 N–H and O–H groups in total. The molecule has 1 nitrogen and oxygen atoms in total. The summed E-state index contributed by atoms with van der Waals surface area (Å²) in [6.45, 7) is 0. The fourth-order valence-electron chi connectivity index (χ4n) is 1.14. The van der Waals surface area contributed by atoms with Crippen molar-refractivity contribution in [3.63, 3.8) is 0 Å². The van der Waals surface area contributed by atoms with E-state index in [0.717, 1.165) is 10.9 Å². The molecule has 0 saturated heterocycles. The van der Waals surface area contributed by atoms with Gasteiger partial charge in [0.25, 0.3) is 0 Å². The summed E-state index contributed by atoms with van der Waals surface area (Å²) in [5.41, 5.74) is 0.535. The normalized spacial score (nSPS) is 10.2. The molecule has 2 rings (SSSR count). The van der Waals surface area contributed by atoms with Crippen LogP contribution in [0.1, 0.15) is 0 Å². The number of phenols is 1. The fourth-order valence-corrected chi connectivity index (χ4v) is 1.89. The minimum atomic E-state index is -0.387. The molecular weight excluding hydrogens is 187 g/mol. The molecule has 13 heavy (non-hydrogen) atoms. The topological polar surface area (TPSA) is 20.2 Å². The van der Waals surface area contributed by atoms with E-state index < -0.39 is 0 Å². The number of rotatable bonds is 1. The van der Waals surface area contributed by atoms with E-state index in [2.05, 4.69) is 0 Å². The van der Waals surface area contributed by atoms with Crippen molar-refractivity contribution < 1.29 is 9.50 Å². The van der Waals surface area contributed by atoms with E-state index in [0.29, 0.717) is 5.56 Å². The average molecular weight is 194 g/mol. The van der Waals surface area contributed by atoms with Crippen molar-refractivity contribution in [3.05, 3.63) is 41.5 Å². The maximum absolute atomic E-state index is 13.3. The van der Waals surface area contributed by atoms with Crippen molar-refractivity contribution in [2.45, 2.75) is 0 Å². The van der Waals surface area contributed by atoms with Gasteiger partial charge in [-0.15, -0.1) is 11.3 Å². The van der Waals surface area contributed by atoms with Gasteiger partial charge in [-0.05, 0) is 23.6 Å². The van der Waals surface area contributed by atoms with Gasteiger partial charge >= 0.3 is 0 Å². The van der Waals surface area contributed by atoms with Crippen molar-refractivity contribution in [2.75, 3.05) is 0 Å². The highest BCUT2D eigenvalue weighted by Gasteiger charge is 2.05. The number of halogens is 1.